The van der Waals surface area contributed by atoms with Crippen LogP contribution in [-0.2, 0) is 11.3 Å². The molecule has 2 amide bonds. The molecule has 1 saturated heterocycles. The molecule has 2 aliphatic rings. The molecule has 140 valence electrons. The lowest BCUT2D eigenvalue weighted by molar-refractivity contribution is -0.133. The Morgan fingerprint density at radius 3 is 2.41 bits per heavy atom. The lowest BCUT2D eigenvalue weighted by Crippen LogP contribution is -2.39. The molecule has 1 fully saturated rings. The van der Waals surface area contributed by atoms with Crippen LogP contribution in [-0.4, -0.2) is 34.7 Å². The first kappa shape index (κ1) is 17.8. The molecular weight excluding hydrogens is 336 g/mol. The topological polar surface area (TPSA) is 40.6 Å². The van der Waals surface area contributed by atoms with Gasteiger partial charge in [0, 0.05) is 25.2 Å². The molecule has 0 radical (unpaired) electrons. The van der Waals surface area contributed by atoms with Crippen molar-refractivity contribution in [3.63, 3.8) is 0 Å². The summed E-state index contributed by atoms with van der Waals surface area (Å²) in [6.07, 6.45) is 3.71. The van der Waals surface area contributed by atoms with Crippen LogP contribution in [0.4, 0.5) is 0 Å². The largest absolute Gasteiger partial charge is 0.343 e. The summed E-state index contributed by atoms with van der Waals surface area (Å²) in [4.78, 5) is 29.9. The smallest absolute Gasteiger partial charge is 0.255 e. The first-order valence-corrected chi connectivity index (χ1v) is 9.87. The van der Waals surface area contributed by atoms with E-state index in [2.05, 4.69) is 31.2 Å². The number of piperidine rings is 1. The van der Waals surface area contributed by atoms with Crippen LogP contribution in [0.5, 0.6) is 0 Å². The van der Waals surface area contributed by atoms with Crippen LogP contribution in [0, 0.1) is 6.92 Å². The normalized spacial score (nSPS) is 17.7. The quantitative estimate of drug-likeness (QED) is 0.822. The number of hydrogen-bond acceptors (Lipinski definition) is 2. The molecule has 0 spiro atoms. The van der Waals surface area contributed by atoms with E-state index >= 15 is 0 Å². The van der Waals surface area contributed by atoms with Crippen molar-refractivity contribution in [3.8, 4) is 0 Å². The van der Waals surface area contributed by atoms with Crippen molar-refractivity contribution < 1.29 is 9.59 Å². The van der Waals surface area contributed by atoms with Crippen LogP contribution in [0.25, 0.3) is 0 Å². The Kier molecular flexibility index (Phi) is 4.97. The van der Waals surface area contributed by atoms with Crippen molar-refractivity contribution in [3.05, 3.63) is 70.8 Å². The summed E-state index contributed by atoms with van der Waals surface area (Å²) in [5, 5.41) is 0. The molecule has 0 N–H and O–H groups in total. The maximum absolute atomic E-state index is 13.0. The average Bonchev–Trinajstić information content (AvgIpc) is 3.04. The SMILES string of the molecule is Cc1ccc([C@H](CC(=O)N2CCCCC2)N2Cc3ccccc3C2=O)cc1. The van der Waals surface area contributed by atoms with Gasteiger partial charge in [-0.15, -0.1) is 0 Å². The second kappa shape index (κ2) is 7.55. The molecule has 0 unspecified atom stereocenters. The summed E-state index contributed by atoms with van der Waals surface area (Å²) in [5.41, 5.74) is 4.02. The molecule has 27 heavy (non-hydrogen) atoms. The van der Waals surface area contributed by atoms with Crippen molar-refractivity contribution in [1.29, 1.82) is 0 Å². The number of hydrogen-bond donors (Lipinski definition) is 0. The van der Waals surface area contributed by atoms with Crippen LogP contribution in [0.1, 0.15) is 58.8 Å². The molecule has 1 atom stereocenters. The van der Waals surface area contributed by atoms with E-state index in [1.807, 2.05) is 34.1 Å². The summed E-state index contributed by atoms with van der Waals surface area (Å²) < 4.78 is 0. The molecule has 0 saturated carbocycles. The van der Waals surface area contributed by atoms with Gasteiger partial charge in [0.1, 0.15) is 0 Å². The van der Waals surface area contributed by atoms with Gasteiger partial charge in [0.05, 0.1) is 12.5 Å². The molecule has 2 aromatic rings. The molecule has 0 aliphatic carbocycles. The van der Waals surface area contributed by atoms with Crippen molar-refractivity contribution in [1.82, 2.24) is 9.80 Å². The minimum atomic E-state index is -0.222. The van der Waals surface area contributed by atoms with Crippen LogP contribution < -0.4 is 0 Å². The van der Waals surface area contributed by atoms with E-state index in [0.29, 0.717) is 13.0 Å². The fourth-order valence-electron chi connectivity index (χ4n) is 4.16. The van der Waals surface area contributed by atoms with Crippen molar-refractivity contribution in [2.24, 2.45) is 0 Å². The van der Waals surface area contributed by atoms with E-state index < -0.39 is 0 Å². The lowest BCUT2D eigenvalue weighted by atomic mass is 9.99. The lowest BCUT2D eigenvalue weighted by Gasteiger charge is -2.32. The number of fused-ring (bicyclic) bond motifs is 1. The molecular formula is C23H26N2O2. The molecule has 2 heterocycles. The Bertz CT molecular complexity index is 838. The number of nitrogens with zero attached hydrogens (tertiary/aromatic N) is 2. The minimum Gasteiger partial charge on any atom is -0.343 e. The zero-order chi connectivity index (χ0) is 18.8. The van der Waals surface area contributed by atoms with Crippen LogP contribution in [0.15, 0.2) is 48.5 Å². The van der Waals surface area contributed by atoms with Gasteiger partial charge < -0.3 is 9.80 Å². The second-order valence-corrected chi connectivity index (χ2v) is 7.66. The van der Waals surface area contributed by atoms with Crippen LogP contribution >= 0.6 is 0 Å². The first-order valence-electron chi connectivity index (χ1n) is 9.87. The standard InChI is InChI=1S/C23H26N2O2/c1-17-9-11-18(12-10-17)21(15-22(26)24-13-5-2-6-14-24)25-16-19-7-3-4-8-20(19)23(25)27/h3-4,7-12,21H,2,5-6,13-16H2,1H3/t21-/m0/s1. The zero-order valence-electron chi connectivity index (χ0n) is 15.9. The average molecular weight is 362 g/mol. The van der Waals surface area contributed by atoms with Gasteiger partial charge in [-0.1, -0.05) is 48.0 Å². The summed E-state index contributed by atoms with van der Waals surface area (Å²) >= 11 is 0. The van der Waals surface area contributed by atoms with Gasteiger partial charge in [0.2, 0.25) is 5.91 Å². The Balaban J connectivity index is 1.61. The third kappa shape index (κ3) is 3.61. The Morgan fingerprint density at radius 2 is 1.70 bits per heavy atom. The number of carbonyl (C=O) groups excluding carboxylic acids is 2. The Hall–Kier alpha value is -2.62. The van der Waals surface area contributed by atoms with Gasteiger partial charge >= 0.3 is 0 Å². The highest BCUT2D eigenvalue weighted by molar-refractivity contribution is 5.98. The van der Waals surface area contributed by atoms with Crippen molar-refractivity contribution in [2.75, 3.05) is 13.1 Å². The highest BCUT2D eigenvalue weighted by atomic mass is 16.2. The number of rotatable bonds is 4. The first-order chi connectivity index (χ1) is 13.1. The van der Waals surface area contributed by atoms with E-state index in [-0.39, 0.29) is 17.9 Å². The number of benzene rings is 2. The van der Waals surface area contributed by atoms with E-state index in [4.69, 9.17) is 0 Å². The highest BCUT2D eigenvalue weighted by Crippen LogP contribution is 2.34. The Morgan fingerprint density at radius 1 is 1.00 bits per heavy atom. The van der Waals surface area contributed by atoms with Gasteiger partial charge in [-0.2, -0.15) is 0 Å². The molecule has 2 aromatic carbocycles. The second-order valence-electron chi connectivity index (χ2n) is 7.66. The highest BCUT2D eigenvalue weighted by Gasteiger charge is 2.35. The monoisotopic (exact) mass is 362 g/mol. The predicted molar refractivity (Wildman–Crippen MR) is 105 cm³/mol. The predicted octanol–water partition coefficient (Wildman–Crippen LogP) is 4.09. The summed E-state index contributed by atoms with van der Waals surface area (Å²) in [6.45, 7) is 4.30. The van der Waals surface area contributed by atoms with Gasteiger partial charge in [0.15, 0.2) is 0 Å². The minimum absolute atomic E-state index is 0.0302. The molecule has 0 aromatic heterocycles. The van der Waals surface area contributed by atoms with E-state index in [1.165, 1.54) is 12.0 Å². The number of aryl methyl sites for hydroxylation is 1. The van der Waals surface area contributed by atoms with E-state index in [1.54, 1.807) is 0 Å². The maximum Gasteiger partial charge on any atom is 0.255 e. The third-order valence-electron chi connectivity index (χ3n) is 5.76. The van der Waals surface area contributed by atoms with Gasteiger partial charge in [-0.3, -0.25) is 9.59 Å². The molecule has 4 rings (SSSR count). The molecule has 4 heteroatoms. The fraction of sp³-hybridized carbons (Fsp3) is 0.391. The molecule has 0 bridgehead atoms. The number of likely N-dealkylation sites (tertiary alicyclic amines) is 1. The third-order valence-corrected chi connectivity index (χ3v) is 5.76. The number of carbonyl (C=O) groups is 2. The van der Waals surface area contributed by atoms with Crippen LogP contribution in [0.2, 0.25) is 0 Å². The van der Waals surface area contributed by atoms with Crippen LogP contribution in [0.3, 0.4) is 0 Å². The van der Waals surface area contributed by atoms with E-state index in [9.17, 15) is 9.59 Å². The summed E-state index contributed by atoms with van der Waals surface area (Å²) in [6, 6.07) is 15.8. The zero-order valence-corrected chi connectivity index (χ0v) is 15.9. The Labute approximate surface area is 160 Å². The summed E-state index contributed by atoms with van der Waals surface area (Å²) in [7, 11) is 0. The van der Waals surface area contributed by atoms with Gasteiger partial charge in [-0.25, -0.2) is 0 Å². The van der Waals surface area contributed by atoms with Gasteiger partial charge in [-0.05, 0) is 43.4 Å². The molecule has 2 aliphatic heterocycles. The van der Waals surface area contributed by atoms with Crippen molar-refractivity contribution in [2.45, 2.75) is 45.2 Å². The number of amides is 2. The molecule has 4 nitrogen and oxygen atoms in total. The summed E-state index contributed by atoms with van der Waals surface area (Å²) in [5.74, 6) is 0.187. The van der Waals surface area contributed by atoms with Gasteiger partial charge in [0.25, 0.3) is 5.91 Å². The van der Waals surface area contributed by atoms with E-state index in [0.717, 1.165) is 42.6 Å². The maximum atomic E-state index is 13.0. The fourth-order valence-corrected chi connectivity index (χ4v) is 4.16. The van der Waals surface area contributed by atoms with Crippen molar-refractivity contribution >= 4 is 11.8 Å².